The molecule has 1 aromatic carbocycles. The Labute approximate surface area is 129 Å². The molecule has 1 amide bonds. The molecule has 0 saturated carbocycles. The number of para-hydroxylation sites is 1. The monoisotopic (exact) mass is 300 g/mol. The number of benzene rings is 1. The second-order valence-electron chi connectivity index (χ2n) is 5.39. The van der Waals surface area contributed by atoms with Gasteiger partial charge in [0, 0.05) is 29.7 Å². The Balaban J connectivity index is 1.53. The maximum absolute atomic E-state index is 12.0. The molecule has 1 aromatic heterocycles. The summed E-state index contributed by atoms with van der Waals surface area (Å²) in [5.41, 5.74) is 1.26. The summed E-state index contributed by atoms with van der Waals surface area (Å²) in [6.07, 6.45) is 2.84. The average molecular weight is 300 g/mol. The summed E-state index contributed by atoms with van der Waals surface area (Å²) >= 11 is 1.64. The lowest BCUT2D eigenvalue weighted by molar-refractivity contribution is -0.120. The third-order valence-electron chi connectivity index (χ3n) is 3.91. The third kappa shape index (κ3) is 3.64. The summed E-state index contributed by atoms with van der Waals surface area (Å²) in [5, 5.41) is 5.10. The van der Waals surface area contributed by atoms with Crippen LogP contribution in [0.15, 0.2) is 47.8 Å². The molecule has 0 spiro atoms. The predicted octanol–water partition coefficient (Wildman–Crippen LogP) is 3.08. The van der Waals surface area contributed by atoms with Crippen LogP contribution in [-0.4, -0.2) is 25.0 Å². The highest BCUT2D eigenvalue weighted by molar-refractivity contribution is 7.10. The maximum Gasteiger partial charge on any atom is 0.225 e. The van der Waals surface area contributed by atoms with Gasteiger partial charge in [-0.25, -0.2) is 0 Å². The van der Waals surface area contributed by atoms with Crippen molar-refractivity contribution in [1.29, 1.82) is 0 Å². The number of hydrogen-bond donors (Lipinski definition) is 1. The van der Waals surface area contributed by atoms with E-state index < -0.39 is 0 Å². The number of nitrogens with one attached hydrogen (secondary N) is 1. The summed E-state index contributed by atoms with van der Waals surface area (Å²) in [5.74, 6) is 0.123. The van der Waals surface area contributed by atoms with E-state index in [0.29, 0.717) is 12.5 Å². The molecular formula is C17H20N2OS. The largest absolute Gasteiger partial charge is 0.367 e. The molecule has 110 valence electrons. The first kappa shape index (κ1) is 14.1. The fourth-order valence-electron chi connectivity index (χ4n) is 2.87. The number of anilines is 1. The molecule has 1 aliphatic heterocycles. The SMILES string of the molecule is O=C(Cc1cccs1)NC[C@@H]1CCCN1c1ccccc1. The molecule has 2 heterocycles. The average Bonchev–Trinajstić information content (AvgIpc) is 3.17. The summed E-state index contributed by atoms with van der Waals surface area (Å²) in [6, 6.07) is 14.9. The topological polar surface area (TPSA) is 32.3 Å². The Morgan fingerprint density at radius 3 is 2.86 bits per heavy atom. The zero-order chi connectivity index (χ0) is 14.5. The molecule has 1 atom stereocenters. The summed E-state index contributed by atoms with van der Waals surface area (Å²) in [6.45, 7) is 1.81. The van der Waals surface area contributed by atoms with Crippen molar-refractivity contribution in [2.45, 2.75) is 25.3 Å². The highest BCUT2D eigenvalue weighted by atomic mass is 32.1. The lowest BCUT2D eigenvalue weighted by Gasteiger charge is -2.27. The van der Waals surface area contributed by atoms with Gasteiger partial charge in [-0.1, -0.05) is 24.3 Å². The minimum absolute atomic E-state index is 0.123. The van der Waals surface area contributed by atoms with Gasteiger partial charge in [-0.15, -0.1) is 11.3 Å². The van der Waals surface area contributed by atoms with Crippen LogP contribution in [0.4, 0.5) is 5.69 Å². The molecule has 1 aliphatic rings. The van der Waals surface area contributed by atoms with E-state index in [-0.39, 0.29) is 5.91 Å². The quantitative estimate of drug-likeness (QED) is 0.920. The van der Waals surface area contributed by atoms with Crippen LogP contribution in [0.5, 0.6) is 0 Å². The van der Waals surface area contributed by atoms with Crippen molar-refractivity contribution in [2.75, 3.05) is 18.0 Å². The summed E-state index contributed by atoms with van der Waals surface area (Å²) in [4.78, 5) is 15.5. The zero-order valence-corrected chi connectivity index (χ0v) is 12.8. The van der Waals surface area contributed by atoms with Gasteiger partial charge in [0.25, 0.3) is 0 Å². The van der Waals surface area contributed by atoms with Crippen molar-refractivity contribution in [3.05, 3.63) is 52.7 Å². The van der Waals surface area contributed by atoms with Crippen molar-refractivity contribution in [3.63, 3.8) is 0 Å². The first-order valence-electron chi connectivity index (χ1n) is 7.44. The van der Waals surface area contributed by atoms with Crippen LogP contribution in [0.2, 0.25) is 0 Å². The minimum atomic E-state index is 0.123. The van der Waals surface area contributed by atoms with Crippen LogP contribution >= 0.6 is 11.3 Å². The van der Waals surface area contributed by atoms with Crippen molar-refractivity contribution < 1.29 is 4.79 Å². The van der Waals surface area contributed by atoms with E-state index in [1.54, 1.807) is 11.3 Å². The fraction of sp³-hybridized carbons (Fsp3) is 0.353. The molecule has 1 N–H and O–H groups in total. The van der Waals surface area contributed by atoms with E-state index in [1.807, 2.05) is 23.6 Å². The fourth-order valence-corrected chi connectivity index (χ4v) is 3.58. The van der Waals surface area contributed by atoms with Gasteiger partial charge in [0.15, 0.2) is 0 Å². The highest BCUT2D eigenvalue weighted by Gasteiger charge is 2.24. The van der Waals surface area contributed by atoms with E-state index in [0.717, 1.165) is 24.4 Å². The minimum Gasteiger partial charge on any atom is -0.367 e. The van der Waals surface area contributed by atoms with Crippen molar-refractivity contribution in [3.8, 4) is 0 Å². The molecule has 0 radical (unpaired) electrons. The van der Waals surface area contributed by atoms with Gasteiger partial charge in [-0.2, -0.15) is 0 Å². The van der Waals surface area contributed by atoms with Crippen LogP contribution in [0.25, 0.3) is 0 Å². The predicted molar refractivity (Wildman–Crippen MR) is 87.8 cm³/mol. The lowest BCUT2D eigenvalue weighted by Crippen LogP contribution is -2.40. The Morgan fingerprint density at radius 2 is 2.10 bits per heavy atom. The van der Waals surface area contributed by atoms with E-state index in [1.165, 1.54) is 12.1 Å². The zero-order valence-electron chi connectivity index (χ0n) is 12.0. The highest BCUT2D eigenvalue weighted by Crippen LogP contribution is 2.24. The third-order valence-corrected chi connectivity index (χ3v) is 4.79. The van der Waals surface area contributed by atoms with Crippen LogP contribution in [0.1, 0.15) is 17.7 Å². The Hall–Kier alpha value is -1.81. The van der Waals surface area contributed by atoms with Gasteiger partial charge >= 0.3 is 0 Å². The van der Waals surface area contributed by atoms with Crippen molar-refractivity contribution >= 4 is 22.9 Å². The molecular weight excluding hydrogens is 280 g/mol. The number of carbonyl (C=O) groups is 1. The molecule has 21 heavy (non-hydrogen) atoms. The first-order chi connectivity index (χ1) is 10.3. The van der Waals surface area contributed by atoms with E-state index in [9.17, 15) is 4.79 Å². The molecule has 1 saturated heterocycles. The van der Waals surface area contributed by atoms with Crippen LogP contribution in [-0.2, 0) is 11.2 Å². The summed E-state index contributed by atoms with van der Waals surface area (Å²) < 4.78 is 0. The van der Waals surface area contributed by atoms with Crippen LogP contribution < -0.4 is 10.2 Å². The molecule has 3 rings (SSSR count). The lowest BCUT2D eigenvalue weighted by atomic mass is 10.2. The van der Waals surface area contributed by atoms with Crippen molar-refractivity contribution in [2.24, 2.45) is 0 Å². The smallest absolute Gasteiger partial charge is 0.225 e. The van der Waals surface area contributed by atoms with E-state index in [2.05, 4.69) is 34.5 Å². The number of carbonyl (C=O) groups excluding carboxylic acids is 1. The normalized spacial score (nSPS) is 17.9. The Morgan fingerprint density at radius 1 is 1.24 bits per heavy atom. The molecule has 0 unspecified atom stereocenters. The van der Waals surface area contributed by atoms with Crippen molar-refractivity contribution in [1.82, 2.24) is 5.32 Å². The molecule has 0 bridgehead atoms. The van der Waals surface area contributed by atoms with Crippen LogP contribution in [0.3, 0.4) is 0 Å². The second kappa shape index (κ2) is 6.76. The van der Waals surface area contributed by atoms with Gasteiger partial charge in [0.1, 0.15) is 0 Å². The Bertz CT molecular complexity index is 568. The molecule has 4 heteroatoms. The number of nitrogens with zero attached hydrogens (tertiary/aromatic N) is 1. The molecule has 2 aromatic rings. The van der Waals surface area contributed by atoms with E-state index >= 15 is 0 Å². The van der Waals surface area contributed by atoms with Gasteiger partial charge in [0.2, 0.25) is 5.91 Å². The van der Waals surface area contributed by atoms with Gasteiger partial charge in [-0.05, 0) is 36.4 Å². The molecule has 1 fully saturated rings. The number of amides is 1. The molecule has 0 aliphatic carbocycles. The maximum atomic E-state index is 12.0. The van der Waals surface area contributed by atoms with E-state index in [4.69, 9.17) is 0 Å². The first-order valence-corrected chi connectivity index (χ1v) is 8.31. The Kier molecular flexibility index (Phi) is 4.55. The number of thiophene rings is 1. The second-order valence-corrected chi connectivity index (χ2v) is 6.42. The van der Waals surface area contributed by atoms with Crippen LogP contribution in [0, 0.1) is 0 Å². The van der Waals surface area contributed by atoms with Gasteiger partial charge in [-0.3, -0.25) is 4.79 Å². The molecule has 3 nitrogen and oxygen atoms in total. The standard InChI is InChI=1S/C17H20N2OS/c20-17(12-16-9-5-11-21-16)18-13-15-8-4-10-19(15)14-6-2-1-3-7-14/h1-3,5-7,9,11,15H,4,8,10,12-13H2,(H,18,20)/t15-/m0/s1. The summed E-state index contributed by atoms with van der Waals surface area (Å²) in [7, 11) is 0. The van der Waals surface area contributed by atoms with Gasteiger partial charge in [0.05, 0.1) is 6.42 Å². The number of hydrogen-bond acceptors (Lipinski definition) is 3. The number of rotatable bonds is 5. The van der Waals surface area contributed by atoms with Gasteiger partial charge < -0.3 is 10.2 Å².